The highest BCUT2D eigenvalue weighted by atomic mass is 32.2. The van der Waals surface area contributed by atoms with E-state index in [4.69, 9.17) is 9.97 Å². The number of nitriles is 1. The van der Waals surface area contributed by atoms with Gasteiger partial charge in [-0.2, -0.15) is 5.26 Å². The van der Waals surface area contributed by atoms with Gasteiger partial charge in [0.25, 0.3) is 0 Å². The van der Waals surface area contributed by atoms with Gasteiger partial charge in [0.1, 0.15) is 0 Å². The largest absolute Gasteiger partial charge is 0.228 e. The predicted octanol–water partition coefficient (Wildman–Crippen LogP) is 13.5. The highest BCUT2D eigenvalue weighted by Gasteiger charge is 2.50. The van der Waals surface area contributed by atoms with E-state index in [0.717, 1.165) is 50.3 Å². The number of hydrogen-bond donors (Lipinski definition) is 0. The van der Waals surface area contributed by atoms with Gasteiger partial charge in [0.05, 0.1) is 28.4 Å². The van der Waals surface area contributed by atoms with Crippen molar-refractivity contribution in [3.05, 3.63) is 228 Å². The number of rotatable bonds is 5. The molecule has 2 aliphatic rings. The number of nitrogens with zero attached hydrogens (tertiary/aromatic N) is 3. The summed E-state index contributed by atoms with van der Waals surface area (Å²) in [5, 5.41) is 9.66. The van der Waals surface area contributed by atoms with Crippen molar-refractivity contribution < 1.29 is 0 Å². The maximum Gasteiger partial charge on any atom is 0.160 e. The molecule has 9 aromatic rings. The summed E-state index contributed by atoms with van der Waals surface area (Å²) in [7, 11) is 0. The molecule has 0 radical (unpaired) electrons. The molecule has 1 aliphatic carbocycles. The van der Waals surface area contributed by atoms with Gasteiger partial charge < -0.3 is 0 Å². The molecule has 0 N–H and O–H groups in total. The first-order valence-electron chi connectivity index (χ1n) is 19.5. The molecule has 0 fully saturated rings. The van der Waals surface area contributed by atoms with Crippen LogP contribution >= 0.6 is 11.8 Å². The Morgan fingerprint density at radius 2 is 0.948 bits per heavy atom. The second-order valence-corrected chi connectivity index (χ2v) is 15.9. The number of fused-ring (bicyclic) bond motifs is 9. The first-order valence-corrected chi connectivity index (χ1v) is 20.3. The van der Waals surface area contributed by atoms with E-state index in [9.17, 15) is 5.26 Å². The minimum Gasteiger partial charge on any atom is -0.228 e. The number of hydrogen-bond acceptors (Lipinski definition) is 4. The van der Waals surface area contributed by atoms with Gasteiger partial charge in [-0.1, -0.05) is 169 Å². The summed E-state index contributed by atoms with van der Waals surface area (Å²) in [6.45, 7) is 0. The van der Waals surface area contributed by atoms with E-state index >= 15 is 0 Å². The van der Waals surface area contributed by atoms with Crippen molar-refractivity contribution in [3.63, 3.8) is 0 Å². The lowest BCUT2D eigenvalue weighted by molar-refractivity contribution is 0.722. The van der Waals surface area contributed by atoms with Crippen molar-refractivity contribution >= 4 is 11.8 Å². The molecule has 2 heterocycles. The molecule has 0 saturated carbocycles. The Labute approximate surface area is 342 Å². The average Bonchev–Trinajstić information content (AvgIpc) is 3.59. The fourth-order valence-corrected chi connectivity index (χ4v) is 10.2. The van der Waals surface area contributed by atoms with Crippen molar-refractivity contribution in [1.29, 1.82) is 5.26 Å². The van der Waals surface area contributed by atoms with Crippen LogP contribution in [-0.4, -0.2) is 9.97 Å². The van der Waals surface area contributed by atoms with Crippen molar-refractivity contribution in [2.45, 2.75) is 15.2 Å². The van der Waals surface area contributed by atoms with Crippen LogP contribution in [0.5, 0.6) is 0 Å². The Hall–Kier alpha value is -7.32. The summed E-state index contributed by atoms with van der Waals surface area (Å²) in [5.41, 5.74) is 16.8. The van der Waals surface area contributed by atoms with E-state index in [2.05, 4.69) is 170 Å². The third-order valence-corrected chi connectivity index (χ3v) is 12.8. The van der Waals surface area contributed by atoms with Crippen LogP contribution < -0.4 is 0 Å². The molecule has 8 aromatic carbocycles. The maximum absolute atomic E-state index is 9.66. The summed E-state index contributed by atoms with van der Waals surface area (Å²) in [5.74, 6) is 0.681. The van der Waals surface area contributed by atoms with Gasteiger partial charge in [-0.3, -0.25) is 0 Å². The third kappa shape index (κ3) is 5.36. The van der Waals surface area contributed by atoms with Gasteiger partial charge in [0, 0.05) is 26.5 Å². The monoisotopic (exact) mass is 755 g/mol. The standard InChI is InChI=1S/C54H33N3S/c55-34-35-25-27-37(28-26-35)42-19-12-22-47-52(42)43-32-41(29-30-44(43)54(47)45-20-7-9-23-50(45)58-51-24-10-8-21-46(51)54)49-33-48(56-53(57-49)38-15-5-2-6-16-38)40-18-11-17-39(31-40)36-13-3-1-4-14-36/h1-33H. The molecule has 270 valence electrons. The van der Waals surface area contributed by atoms with E-state index < -0.39 is 5.41 Å². The Morgan fingerprint density at radius 1 is 0.397 bits per heavy atom. The molecule has 0 saturated heterocycles. The van der Waals surface area contributed by atoms with E-state index in [1.165, 1.54) is 43.2 Å². The van der Waals surface area contributed by atoms with Gasteiger partial charge in [0.2, 0.25) is 0 Å². The van der Waals surface area contributed by atoms with Gasteiger partial charge >= 0.3 is 0 Å². The molecule has 1 aromatic heterocycles. The van der Waals surface area contributed by atoms with E-state index in [0.29, 0.717) is 11.4 Å². The van der Waals surface area contributed by atoms with Crippen LogP contribution in [0.25, 0.3) is 67.3 Å². The molecule has 0 bridgehead atoms. The Kier molecular flexibility index (Phi) is 8.03. The molecular weight excluding hydrogens is 723 g/mol. The lowest BCUT2D eigenvalue weighted by atomic mass is 9.67. The second kappa shape index (κ2) is 13.7. The minimum absolute atomic E-state index is 0.534. The summed E-state index contributed by atoms with van der Waals surface area (Å²) in [6, 6.07) is 73.2. The average molecular weight is 756 g/mol. The SMILES string of the molecule is N#Cc1ccc(-c2cccc3c2-c2cc(-c4cc(-c5cccc(-c6ccccc6)c5)nc(-c5ccccc5)n4)ccc2C32c3ccccc3Sc3ccccc32)cc1. The van der Waals surface area contributed by atoms with Gasteiger partial charge in [-0.05, 0) is 98.1 Å². The molecule has 1 aliphatic heterocycles. The van der Waals surface area contributed by atoms with Crippen LogP contribution in [-0.2, 0) is 5.41 Å². The zero-order valence-electron chi connectivity index (χ0n) is 31.3. The van der Waals surface area contributed by atoms with Crippen LogP contribution in [0.2, 0.25) is 0 Å². The fraction of sp³-hybridized carbons (Fsp3) is 0.0185. The third-order valence-electron chi connectivity index (χ3n) is 11.6. The number of benzene rings is 8. The van der Waals surface area contributed by atoms with Crippen molar-refractivity contribution in [2.75, 3.05) is 0 Å². The number of aromatic nitrogens is 2. The zero-order valence-corrected chi connectivity index (χ0v) is 32.1. The molecule has 11 rings (SSSR count). The van der Waals surface area contributed by atoms with E-state index in [1.807, 2.05) is 48.2 Å². The molecule has 0 unspecified atom stereocenters. The van der Waals surface area contributed by atoms with E-state index in [1.54, 1.807) is 0 Å². The van der Waals surface area contributed by atoms with Gasteiger partial charge in [-0.15, -0.1) is 0 Å². The maximum atomic E-state index is 9.66. The first-order chi connectivity index (χ1) is 28.7. The van der Waals surface area contributed by atoms with Crippen LogP contribution in [0.15, 0.2) is 210 Å². The smallest absolute Gasteiger partial charge is 0.160 e. The molecule has 0 atom stereocenters. The molecule has 0 amide bonds. The summed E-state index contributed by atoms with van der Waals surface area (Å²) >= 11 is 1.85. The first kappa shape index (κ1) is 34.0. The molecule has 4 heteroatoms. The Bertz CT molecular complexity index is 3050. The fourth-order valence-electron chi connectivity index (χ4n) is 9.03. The van der Waals surface area contributed by atoms with Crippen LogP contribution in [0.4, 0.5) is 0 Å². The highest BCUT2D eigenvalue weighted by Crippen LogP contribution is 2.63. The van der Waals surface area contributed by atoms with Crippen LogP contribution in [0.3, 0.4) is 0 Å². The van der Waals surface area contributed by atoms with Gasteiger partial charge in [-0.25, -0.2) is 9.97 Å². The molecule has 1 spiro atoms. The van der Waals surface area contributed by atoms with Crippen LogP contribution in [0, 0.1) is 11.3 Å². The summed E-state index contributed by atoms with van der Waals surface area (Å²) in [6.07, 6.45) is 0. The van der Waals surface area contributed by atoms with Crippen molar-refractivity contribution in [1.82, 2.24) is 9.97 Å². The zero-order chi connectivity index (χ0) is 38.6. The lowest BCUT2D eigenvalue weighted by Crippen LogP contribution is -2.31. The van der Waals surface area contributed by atoms with E-state index in [-0.39, 0.29) is 0 Å². The second-order valence-electron chi connectivity index (χ2n) is 14.8. The quantitative estimate of drug-likeness (QED) is 0.175. The van der Waals surface area contributed by atoms with Gasteiger partial charge in [0.15, 0.2) is 5.82 Å². The summed E-state index contributed by atoms with van der Waals surface area (Å²) in [4.78, 5) is 13.0. The lowest BCUT2D eigenvalue weighted by Gasteiger charge is -2.39. The predicted molar refractivity (Wildman–Crippen MR) is 235 cm³/mol. The minimum atomic E-state index is -0.534. The van der Waals surface area contributed by atoms with Crippen LogP contribution in [0.1, 0.15) is 27.8 Å². The Morgan fingerprint density at radius 3 is 1.64 bits per heavy atom. The summed E-state index contributed by atoms with van der Waals surface area (Å²) < 4.78 is 0. The molecule has 3 nitrogen and oxygen atoms in total. The normalized spacial score (nSPS) is 12.9. The van der Waals surface area contributed by atoms with Crippen molar-refractivity contribution in [2.24, 2.45) is 0 Å². The molecule has 58 heavy (non-hydrogen) atoms. The molecular formula is C54H33N3S. The van der Waals surface area contributed by atoms with Crippen molar-refractivity contribution in [3.8, 4) is 73.4 Å². The topological polar surface area (TPSA) is 49.6 Å². The Balaban J connectivity index is 1.17. The highest BCUT2D eigenvalue weighted by molar-refractivity contribution is 7.99.